The third kappa shape index (κ3) is 6.19. The number of rotatable bonds is 8. The largest absolute Gasteiger partial charge is 0.432 e. The molecule has 3 N–H and O–H groups in total. The highest BCUT2D eigenvalue weighted by Gasteiger charge is 2.74. The van der Waals surface area contributed by atoms with Crippen LogP contribution in [-0.4, -0.2) is 55.4 Å². The molecule has 1 aromatic carbocycles. The highest BCUT2D eigenvalue weighted by molar-refractivity contribution is 9.10. The van der Waals surface area contributed by atoms with E-state index in [2.05, 4.69) is 20.9 Å². The van der Waals surface area contributed by atoms with Crippen molar-refractivity contribution in [1.29, 1.82) is 0 Å². The summed E-state index contributed by atoms with van der Waals surface area (Å²) in [6, 6.07) is 3.35. The van der Waals surface area contributed by atoms with E-state index in [0.29, 0.717) is 5.56 Å². The zero-order chi connectivity index (χ0) is 26.2. The van der Waals surface area contributed by atoms with Gasteiger partial charge >= 0.3 is 31.2 Å². The van der Waals surface area contributed by atoms with E-state index in [1.54, 1.807) is 0 Å². The summed E-state index contributed by atoms with van der Waals surface area (Å²) in [5, 5.41) is 7.02. The van der Waals surface area contributed by atoms with E-state index in [0.717, 1.165) is 6.07 Å². The summed E-state index contributed by atoms with van der Waals surface area (Å²) in [5.74, 6) is 0.513. The molecular weight excluding hydrogens is 609 g/mol. The molecule has 1 aromatic rings. The maximum atomic E-state index is 13.8. The molecule has 34 heavy (non-hydrogen) atoms. The Bertz CT molecular complexity index is 998. The lowest BCUT2D eigenvalue weighted by Crippen LogP contribution is -2.61. The van der Waals surface area contributed by atoms with Gasteiger partial charge in [-0.25, -0.2) is 0 Å². The summed E-state index contributed by atoms with van der Waals surface area (Å²) in [7, 11) is -5.74. The molecule has 192 valence electrons. The van der Waals surface area contributed by atoms with Crippen LogP contribution >= 0.6 is 47.0 Å². The average Bonchev–Trinajstić information content (AvgIpc) is 3.13. The van der Waals surface area contributed by atoms with Gasteiger partial charge in [0.25, 0.3) is 0 Å². The third-order valence-corrected chi connectivity index (χ3v) is 8.22. The Balaban J connectivity index is 1.93. The van der Waals surface area contributed by atoms with Gasteiger partial charge in [0.15, 0.2) is 0 Å². The number of hydrogen-bond acceptors (Lipinski definition) is 5. The second kappa shape index (κ2) is 10.4. The van der Waals surface area contributed by atoms with E-state index in [4.69, 9.17) is 9.79 Å². The summed E-state index contributed by atoms with van der Waals surface area (Å²) in [4.78, 5) is 20.9. The molecule has 0 amide bonds. The van der Waals surface area contributed by atoms with Crippen molar-refractivity contribution in [3.63, 3.8) is 0 Å². The molecule has 1 unspecified atom stereocenters. The standard InChI is InChI=1S/C17H15BrF8NO4PS2/c18-12-6-9(3-4-11(12)15(19,20)32(29,30)31)8-33-5-1-2-10-7-27-13(34-10)14(28,16(21,22)23)17(24,25)26/h1-4,6,10,28H,5,7-8H2,(H2,29,30,31)/b2-1+. The normalized spacial score (nSPS) is 18.6. The molecule has 0 saturated heterocycles. The molecule has 1 aliphatic rings. The number of nitrogens with zero attached hydrogens (tertiary/aromatic N) is 1. The van der Waals surface area contributed by atoms with Gasteiger partial charge in [0, 0.05) is 26.8 Å². The number of aliphatic hydroxyl groups is 1. The second-order valence-electron chi connectivity index (χ2n) is 6.85. The predicted octanol–water partition coefficient (Wildman–Crippen LogP) is 5.84. The molecule has 0 bridgehead atoms. The minimum Gasteiger partial charge on any atom is -0.368 e. The van der Waals surface area contributed by atoms with Crippen molar-refractivity contribution in [2.24, 2.45) is 4.99 Å². The fourth-order valence-corrected chi connectivity index (χ4v) is 5.89. The molecule has 0 saturated carbocycles. The lowest BCUT2D eigenvalue weighted by molar-refractivity contribution is -0.337. The summed E-state index contributed by atoms with van der Waals surface area (Å²) in [5.41, 5.74) is -9.80. The van der Waals surface area contributed by atoms with Crippen molar-refractivity contribution >= 4 is 52.1 Å². The van der Waals surface area contributed by atoms with Crippen LogP contribution in [0.3, 0.4) is 0 Å². The van der Waals surface area contributed by atoms with Gasteiger partial charge in [0.2, 0.25) is 0 Å². The van der Waals surface area contributed by atoms with Gasteiger partial charge in [0.05, 0.1) is 6.54 Å². The first-order chi connectivity index (χ1) is 15.3. The lowest BCUT2D eigenvalue weighted by atomic mass is 10.0. The quantitative estimate of drug-likeness (QED) is 0.146. The van der Waals surface area contributed by atoms with Crippen molar-refractivity contribution in [3.05, 3.63) is 46.0 Å². The average molecular weight is 624 g/mol. The molecule has 5 nitrogen and oxygen atoms in total. The molecule has 0 radical (unpaired) electrons. The van der Waals surface area contributed by atoms with Crippen LogP contribution < -0.4 is 0 Å². The molecule has 1 atom stereocenters. The van der Waals surface area contributed by atoms with Crippen molar-refractivity contribution in [1.82, 2.24) is 0 Å². The molecule has 17 heteroatoms. The first-order valence-electron chi connectivity index (χ1n) is 8.86. The maximum absolute atomic E-state index is 13.8. The summed E-state index contributed by atoms with van der Waals surface area (Å²) in [6.07, 6.45) is -9.16. The van der Waals surface area contributed by atoms with Crippen molar-refractivity contribution in [2.75, 3.05) is 12.3 Å². The van der Waals surface area contributed by atoms with E-state index in [-0.39, 0.29) is 27.7 Å². The molecule has 0 aromatic heterocycles. The lowest BCUT2D eigenvalue weighted by Gasteiger charge is -2.31. The van der Waals surface area contributed by atoms with Crippen LogP contribution in [0.1, 0.15) is 11.1 Å². The molecule has 0 fully saturated rings. The van der Waals surface area contributed by atoms with E-state index in [1.165, 1.54) is 36.0 Å². The minimum absolute atomic E-state index is 0.156. The Morgan fingerprint density at radius 1 is 1.15 bits per heavy atom. The van der Waals surface area contributed by atoms with Gasteiger partial charge in [-0.1, -0.05) is 52.0 Å². The van der Waals surface area contributed by atoms with E-state index in [9.17, 15) is 44.8 Å². The Kier molecular flexibility index (Phi) is 9.04. The Hall–Kier alpha value is -0.640. The van der Waals surface area contributed by atoms with Gasteiger partial charge in [-0.05, 0) is 11.6 Å². The van der Waals surface area contributed by atoms with Crippen LogP contribution in [0.2, 0.25) is 0 Å². The van der Waals surface area contributed by atoms with Gasteiger partial charge in [-0.2, -0.15) is 46.9 Å². The van der Waals surface area contributed by atoms with Gasteiger partial charge in [-0.15, -0.1) is 0 Å². The number of hydrogen-bond donors (Lipinski definition) is 3. The first kappa shape index (κ1) is 29.6. The molecule has 1 aliphatic heterocycles. The summed E-state index contributed by atoms with van der Waals surface area (Å²) < 4.78 is 116. The number of halogens is 9. The SMILES string of the molecule is O=P(O)(O)C(F)(F)c1ccc(CSC/C=C/C2CN=C(C(O)(C(F)(F)F)C(F)(F)F)S2)cc1Br. The van der Waals surface area contributed by atoms with E-state index in [1.807, 2.05) is 0 Å². The Morgan fingerprint density at radius 3 is 2.24 bits per heavy atom. The Labute approximate surface area is 204 Å². The fraction of sp³-hybridized carbons (Fsp3) is 0.471. The monoisotopic (exact) mass is 623 g/mol. The zero-order valence-electron chi connectivity index (χ0n) is 16.4. The van der Waals surface area contributed by atoms with Crippen molar-refractivity contribution < 1.29 is 54.6 Å². The fourth-order valence-electron chi connectivity index (χ4n) is 2.60. The number of alkyl halides is 8. The minimum atomic E-state index is -6.00. The highest BCUT2D eigenvalue weighted by atomic mass is 79.9. The van der Waals surface area contributed by atoms with Crippen LogP contribution in [0.25, 0.3) is 0 Å². The van der Waals surface area contributed by atoms with E-state index < -0.39 is 53.6 Å². The molecule has 0 spiro atoms. The van der Waals surface area contributed by atoms with Crippen LogP contribution in [0, 0.1) is 0 Å². The number of benzene rings is 1. The number of aliphatic imine (C=N–C) groups is 1. The van der Waals surface area contributed by atoms with Crippen LogP contribution in [-0.2, 0) is 16.0 Å². The third-order valence-electron chi connectivity index (χ3n) is 4.36. The van der Waals surface area contributed by atoms with Gasteiger partial charge < -0.3 is 14.9 Å². The van der Waals surface area contributed by atoms with Crippen molar-refractivity contribution in [3.8, 4) is 0 Å². The topological polar surface area (TPSA) is 90.1 Å². The summed E-state index contributed by atoms with van der Waals surface area (Å²) in [6.45, 7) is -0.391. The highest BCUT2D eigenvalue weighted by Crippen LogP contribution is 2.60. The zero-order valence-corrected chi connectivity index (χ0v) is 20.6. The molecule has 1 heterocycles. The van der Waals surface area contributed by atoms with E-state index >= 15 is 0 Å². The molecular formula is C17H15BrF8NO4PS2. The van der Waals surface area contributed by atoms with Gasteiger partial charge in [-0.3, -0.25) is 9.56 Å². The van der Waals surface area contributed by atoms with Gasteiger partial charge in [0.1, 0.15) is 5.04 Å². The Morgan fingerprint density at radius 2 is 1.74 bits per heavy atom. The molecule has 2 rings (SSSR count). The van der Waals surface area contributed by atoms with Crippen LogP contribution in [0.5, 0.6) is 0 Å². The predicted molar refractivity (Wildman–Crippen MR) is 116 cm³/mol. The smallest absolute Gasteiger partial charge is 0.368 e. The van der Waals surface area contributed by atoms with Crippen LogP contribution in [0.15, 0.2) is 39.8 Å². The first-order valence-corrected chi connectivity index (χ1v) is 13.3. The summed E-state index contributed by atoms with van der Waals surface area (Å²) >= 11 is 4.23. The van der Waals surface area contributed by atoms with Crippen LogP contribution in [0.4, 0.5) is 35.1 Å². The van der Waals surface area contributed by atoms with Crippen molar-refractivity contribution in [2.45, 2.75) is 34.6 Å². The maximum Gasteiger partial charge on any atom is 0.432 e. The molecule has 0 aliphatic carbocycles. The second-order valence-corrected chi connectivity index (χ2v) is 11.6. The number of thioether (sulfide) groups is 2.